The van der Waals surface area contributed by atoms with Crippen LogP contribution in [0.4, 0.5) is 0 Å². The lowest BCUT2D eigenvalue weighted by Crippen LogP contribution is -2.42. The molecule has 8 heteroatoms. The Bertz CT molecular complexity index is 760. The predicted octanol–water partition coefficient (Wildman–Crippen LogP) is 2.92. The molecule has 1 fully saturated rings. The van der Waals surface area contributed by atoms with Gasteiger partial charge in [0.1, 0.15) is 12.2 Å². The summed E-state index contributed by atoms with van der Waals surface area (Å²) in [5.74, 6) is 2.17. The molecule has 154 valence electrons. The zero-order valence-electron chi connectivity index (χ0n) is 17.1. The molecule has 28 heavy (non-hydrogen) atoms. The molecule has 1 saturated heterocycles. The van der Waals surface area contributed by atoms with Gasteiger partial charge in [0, 0.05) is 40.2 Å². The lowest BCUT2D eigenvalue weighted by Gasteiger charge is -2.33. The number of hydrogen-bond donors (Lipinski definition) is 1. The number of rotatable bonds is 5. The number of aromatic nitrogens is 3. The van der Waals surface area contributed by atoms with Crippen molar-refractivity contribution in [1.82, 2.24) is 25.0 Å². The number of nitrogens with zero attached hydrogens (tertiary/aromatic N) is 5. The van der Waals surface area contributed by atoms with Crippen LogP contribution in [0.15, 0.2) is 35.6 Å². The number of aryl methyl sites for hydroxylation is 2. The average molecular weight is 498 g/mol. The standard InChI is InChI=1S/C20H30N6O.HI/c1-15-7-9-16(10-8-15)19-17(6-5-11-27-19)12-22-20(21-2)25(3)13-18-23-14-24-26(18)4;/h7-10,14,17,19H,5-6,11-13H2,1-4H3,(H,21,22);1H. The Morgan fingerprint density at radius 3 is 2.75 bits per heavy atom. The minimum absolute atomic E-state index is 0. The summed E-state index contributed by atoms with van der Waals surface area (Å²) in [5.41, 5.74) is 2.53. The monoisotopic (exact) mass is 498 g/mol. The van der Waals surface area contributed by atoms with Crippen LogP contribution in [0.5, 0.6) is 0 Å². The number of halogens is 1. The molecule has 3 rings (SSSR count). The maximum Gasteiger partial charge on any atom is 0.193 e. The van der Waals surface area contributed by atoms with Crippen molar-refractivity contribution >= 4 is 29.9 Å². The summed E-state index contributed by atoms with van der Waals surface area (Å²) in [6.45, 7) is 4.42. The fourth-order valence-electron chi connectivity index (χ4n) is 3.53. The first-order valence-corrected chi connectivity index (χ1v) is 9.51. The molecular formula is C20H31IN6O. The van der Waals surface area contributed by atoms with Crippen molar-refractivity contribution in [2.24, 2.45) is 18.0 Å². The summed E-state index contributed by atoms with van der Waals surface area (Å²) in [4.78, 5) is 10.8. The van der Waals surface area contributed by atoms with Crippen LogP contribution < -0.4 is 5.32 Å². The molecule has 1 aliphatic rings. The SMILES string of the molecule is CN=C(NCC1CCCOC1c1ccc(C)cc1)N(C)Cc1ncnn1C.I. The molecule has 1 aromatic carbocycles. The Morgan fingerprint density at radius 1 is 1.36 bits per heavy atom. The second kappa shape index (κ2) is 10.8. The van der Waals surface area contributed by atoms with Gasteiger partial charge in [-0.1, -0.05) is 29.8 Å². The highest BCUT2D eigenvalue weighted by Gasteiger charge is 2.27. The molecule has 0 spiro atoms. The number of ether oxygens (including phenoxy) is 1. The number of hydrogen-bond acceptors (Lipinski definition) is 4. The minimum Gasteiger partial charge on any atom is -0.373 e. The number of nitrogens with one attached hydrogen (secondary N) is 1. The Hall–Kier alpha value is -1.68. The molecule has 0 bridgehead atoms. The first-order chi connectivity index (χ1) is 13.1. The van der Waals surface area contributed by atoms with Gasteiger partial charge in [-0.2, -0.15) is 5.10 Å². The van der Waals surface area contributed by atoms with Gasteiger partial charge in [0.15, 0.2) is 5.96 Å². The van der Waals surface area contributed by atoms with E-state index < -0.39 is 0 Å². The second-order valence-electron chi connectivity index (χ2n) is 7.19. The third-order valence-corrected chi connectivity index (χ3v) is 5.13. The quantitative estimate of drug-likeness (QED) is 0.390. The Kier molecular flexibility index (Phi) is 8.68. The molecule has 7 nitrogen and oxygen atoms in total. The zero-order chi connectivity index (χ0) is 19.2. The fraction of sp³-hybridized carbons (Fsp3) is 0.550. The molecular weight excluding hydrogens is 467 g/mol. The van der Waals surface area contributed by atoms with E-state index in [-0.39, 0.29) is 30.1 Å². The number of guanidine groups is 1. The van der Waals surface area contributed by atoms with Crippen LogP contribution in [0.3, 0.4) is 0 Å². The van der Waals surface area contributed by atoms with Gasteiger partial charge in [-0.05, 0) is 25.3 Å². The molecule has 1 aliphatic heterocycles. The van der Waals surface area contributed by atoms with Crippen molar-refractivity contribution in [1.29, 1.82) is 0 Å². The van der Waals surface area contributed by atoms with Gasteiger partial charge in [-0.25, -0.2) is 4.98 Å². The van der Waals surface area contributed by atoms with Gasteiger partial charge in [0.25, 0.3) is 0 Å². The minimum atomic E-state index is 0. The molecule has 2 unspecified atom stereocenters. The topological polar surface area (TPSA) is 67.6 Å². The highest BCUT2D eigenvalue weighted by molar-refractivity contribution is 14.0. The van der Waals surface area contributed by atoms with Gasteiger partial charge in [0.05, 0.1) is 12.6 Å². The van der Waals surface area contributed by atoms with Crippen molar-refractivity contribution in [3.05, 3.63) is 47.5 Å². The Labute approximate surface area is 184 Å². The second-order valence-corrected chi connectivity index (χ2v) is 7.19. The maximum atomic E-state index is 6.13. The summed E-state index contributed by atoms with van der Waals surface area (Å²) in [6, 6.07) is 8.69. The summed E-state index contributed by atoms with van der Waals surface area (Å²) in [7, 11) is 5.72. The fourth-order valence-corrected chi connectivity index (χ4v) is 3.53. The summed E-state index contributed by atoms with van der Waals surface area (Å²) >= 11 is 0. The summed E-state index contributed by atoms with van der Waals surface area (Å²) < 4.78 is 7.91. The van der Waals surface area contributed by atoms with E-state index in [1.54, 1.807) is 11.0 Å². The number of aliphatic imine (C=N–C) groups is 1. The highest BCUT2D eigenvalue weighted by Crippen LogP contribution is 2.33. The maximum absolute atomic E-state index is 6.13. The average Bonchev–Trinajstić information content (AvgIpc) is 3.08. The van der Waals surface area contributed by atoms with E-state index in [4.69, 9.17) is 4.74 Å². The summed E-state index contributed by atoms with van der Waals surface area (Å²) in [5, 5.41) is 7.65. The van der Waals surface area contributed by atoms with Crippen LogP contribution in [0.2, 0.25) is 0 Å². The van der Waals surface area contributed by atoms with Crippen molar-refractivity contribution in [3.63, 3.8) is 0 Å². The third kappa shape index (κ3) is 5.66. The van der Waals surface area contributed by atoms with Crippen molar-refractivity contribution in [3.8, 4) is 0 Å². The van der Waals surface area contributed by atoms with Gasteiger partial charge in [-0.3, -0.25) is 9.67 Å². The molecule has 2 atom stereocenters. The van der Waals surface area contributed by atoms with Gasteiger partial charge in [-0.15, -0.1) is 24.0 Å². The van der Waals surface area contributed by atoms with E-state index in [1.807, 2.05) is 21.1 Å². The molecule has 0 radical (unpaired) electrons. The normalized spacial score (nSPS) is 19.8. The van der Waals surface area contributed by atoms with E-state index in [1.165, 1.54) is 11.1 Å². The molecule has 0 amide bonds. The van der Waals surface area contributed by atoms with Crippen molar-refractivity contribution in [2.45, 2.75) is 32.4 Å². The number of benzene rings is 1. The first kappa shape index (κ1) is 22.6. The smallest absolute Gasteiger partial charge is 0.193 e. The Balaban J connectivity index is 0.00000280. The van der Waals surface area contributed by atoms with Crippen LogP contribution in [-0.4, -0.2) is 52.9 Å². The molecule has 2 heterocycles. The van der Waals surface area contributed by atoms with Gasteiger partial charge in [0.2, 0.25) is 0 Å². The zero-order valence-corrected chi connectivity index (χ0v) is 19.5. The molecule has 0 saturated carbocycles. The third-order valence-electron chi connectivity index (χ3n) is 5.13. The highest BCUT2D eigenvalue weighted by atomic mass is 127. The molecule has 0 aliphatic carbocycles. The van der Waals surface area contributed by atoms with E-state index in [0.29, 0.717) is 12.5 Å². The molecule has 1 N–H and O–H groups in total. The van der Waals surface area contributed by atoms with Crippen LogP contribution in [0, 0.1) is 12.8 Å². The van der Waals surface area contributed by atoms with Crippen LogP contribution in [-0.2, 0) is 18.3 Å². The van der Waals surface area contributed by atoms with E-state index >= 15 is 0 Å². The van der Waals surface area contributed by atoms with Crippen LogP contribution in [0.1, 0.15) is 35.9 Å². The molecule has 2 aromatic rings. The summed E-state index contributed by atoms with van der Waals surface area (Å²) in [6.07, 6.45) is 3.96. The van der Waals surface area contributed by atoms with Gasteiger partial charge >= 0.3 is 0 Å². The van der Waals surface area contributed by atoms with Crippen LogP contribution >= 0.6 is 24.0 Å². The van der Waals surface area contributed by atoms with Gasteiger partial charge < -0.3 is 15.0 Å². The molecule has 1 aromatic heterocycles. The first-order valence-electron chi connectivity index (χ1n) is 9.51. The van der Waals surface area contributed by atoms with E-state index in [9.17, 15) is 0 Å². The lowest BCUT2D eigenvalue weighted by molar-refractivity contribution is -0.0266. The van der Waals surface area contributed by atoms with E-state index in [2.05, 4.69) is 56.5 Å². The largest absolute Gasteiger partial charge is 0.373 e. The Morgan fingerprint density at radius 2 is 2.11 bits per heavy atom. The lowest BCUT2D eigenvalue weighted by atomic mass is 9.89. The van der Waals surface area contributed by atoms with E-state index in [0.717, 1.165) is 37.8 Å². The van der Waals surface area contributed by atoms with Crippen molar-refractivity contribution < 1.29 is 4.74 Å². The van der Waals surface area contributed by atoms with Crippen LogP contribution in [0.25, 0.3) is 0 Å². The predicted molar refractivity (Wildman–Crippen MR) is 122 cm³/mol. The van der Waals surface area contributed by atoms with Crippen molar-refractivity contribution in [2.75, 3.05) is 27.2 Å².